The van der Waals surface area contributed by atoms with Crippen molar-refractivity contribution >= 4 is 5.91 Å². The molecule has 0 bridgehead atoms. The summed E-state index contributed by atoms with van der Waals surface area (Å²) < 4.78 is 32.2. The van der Waals surface area contributed by atoms with Gasteiger partial charge in [-0.05, 0) is 37.6 Å². The maximum atomic E-state index is 13.6. The van der Waals surface area contributed by atoms with Crippen molar-refractivity contribution < 1.29 is 18.3 Å². The molecule has 0 atom stereocenters. The molecule has 0 aromatic heterocycles. The minimum Gasteiger partial charge on any atom is -0.478 e. The maximum Gasteiger partial charge on any atom is 0.258 e. The van der Waals surface area contributed by atoms with Gasteiger partial charge < -0.3 is 15.4 Å². The highest BCUT2D eigenvalue weighted by molar-refractivity contribution is 5.78. The van der Waals surface area contributed by atoms with E-state index in [1.165, 1.54) is 12.1 Å². The third-order valence-corrected chi connectivity index (χ3v) is 2.73. The highest BCUT2D eigenvalue weighted by Crippen LogP contribution is 2.23. The fourth-order valence-electron chi connectivity index (χ4n) is 1.69. The van der Waals surface area contributed by atoms with E-state index in [-0.39, 0.29) is 18.6 Å². The lowest BCUT2D eigenvalue weighted by Crippen LogP contribution is -2.30. The van der Waals surface area contributed by atoms with Gasteiger partial charge in [-0.2, -0.15) is 0 Å². The number of carbonyl (C=O) groups excluding carboxylic acids is 1. The lowest BCUT2D eigenvalue weighted by atomic mass is 10.2. The quantitative estimate of drug-likeness (QED) is 0.820. The van der Waals surface area contributed by atoms with Gasteiger partial charge in [0.15, 0.2) is 24.0 Å². The van der Waals surface area contributed by atoms with Crippen molar-refractivity contribution in [3.63, 3.8) is 0 Å². The number of carbonyl (C=O) groups is 1. The third kappa shape index (κ3) is 3.89. The summed E-state index contributed by atoms with van der Waals surface area (Å²) in [5.41, 5.74) is 0.479. The van der Waals surface area contributed by atoms with Crippen LogP contribution < -0.4 is 15.4 Å². The zero-order valence-corrected chi connectivity index (χ0v) is 10.6. The minimum atomic E-state index is -0.801. The summed E-state index contributed by atoms with van der Waals surface area (Å²) in [7, 11) is 1.68. The largest absolute Gasteiger partial charge is 0.478 e. The maximum absolute atomic E-state index is 13.6. The summed E-state index contributed by atoms with van der Waals surface area (Å²) in [6.45, 7) is -0.0218. The molecule has 1 aromatic rings. The van der Waals surface area contributed by atoms with Crippen molar-refractivity contribution in [2.24, 2.45) is 0 Å². The van der Waals surface area contributed by atoms with Crippen molar-refractivity contribution in [2.75, 3.05) is 13.7 Å². The van der Waals surface area contributed by atoms with Crippen LogP contribution in [-0.4, -0.2) is 25.6 Å². The van der Waals surface area contributed by atoms with Crippen LogP contribution in [0.4, 0.5) is 8.78 Å². The highest BCUT2D eigenvalue weighted by atomic mass is 19.1. The van der Waals surface area contributed by atoms with Gasteiger partial charge in [0.25, 0.3) is 5.91 Å². The zero-order valence-electron chi connectivity index (χ0n) is 10.6. The van der Waals surface area contributed by atoms with Gasteiger partial charge in [0, 0.05) is 12.6 Å². The van der Waals surface area contributed by atoms with Gasteiger partial charge in [-0.1, -0.05) is 0 Å². The van der Waals surface area contributed by atoms with Gasteiger partial charge in [-0.3, -0.25) is 4.79 Å². The second-order valence-electron chi connectivity index (χ2n) is 4.55. The summed E-state index contributed by atoms with van der Waals surface area (Å²) in [6, 6.07) is 2.57. The van der Waals surface area contributed by atoms with Crippen LogP contribution in [0.2, 0.25) is 0 Å². The Kier molecular flexibility index (Phi) is 4.31. The molecule has 1 aromatic carbocycles. The Morgan fingerprint density at radius 3 is 2.53 bits per heavy atom. The summed E-state index contributed by atoms with van der Waals surface area (Å²) in [5.74, 6) is -2.47. The molecule has 1 aliphatic carbocycles. The second kappa shape index (κ2) is 5.97. The average molecular weight is 270 g/mol. The van der Waals surface area contributed by atoms with Gasteiger partial charge >= 0.3 is 0 Å². The number of ether oxygens (including phenoxy) is 1. The average Bonchev–Trinajstić information content (AvgIpc) is 3.12. The number of amides is 1. The highest BCUT2D eigenvalue weighted by Gasteiger charge is 2.23. The van der Waals surface area contributed by atoms with Gasteiger partial charge in [0.05, 0.1) is 0 Å². The van der Waals surface area contributed by atoms with E-state index < -0.39 is 17.4 Å². The Bertz CT molecular complexity index is 453. The topological polar surface area (TPSA) is 50.4 Å². The van der Waals surface area contributed by atoms with Crippen molar-refractivity contribution in [1.29, 1.82) is 0 Å². The van der Waals surface area contributed by atoms with Crippen LogP contribution in [0, 0.1) is 11.6 Å². The molecule has 104 valence electrons. The Morgan fingerprint density at radius 1 is 1.37 bits per heavy atom. The smallest absolute Gasteiger partial charge is 0.258 e. The van der Waals surface area contributed by atoms with E-state index in [0.29, 0.717) is 12.1 Å². The van der Waals surface area contributed by atoms with Gasteiger partial charge in [-0.15, -0.1) is 0 Å². The summed E-state index contributed by atoms with van der Waals surface area (Å²) in [4.78, 5) is 11.4. The van der Waals surface area contributed by atoms with Crippen LogP contribution in [0.15, 0.2) is 12.1 Å². The van der Waals surface area contributed by atoms with Crippen LogP contribution in [0.3, 0.4) is 0 Å². The lowest BCUT2D eigenvalue weighted by molar-refractivity contribution is -0.123. The fourth-order valence-corrected chi connectivity index (χ4v) is 1.69. The molecule has 19 heavy (non-hydrogen) atoms. The molecule has 1 aliphatic rings. The Labute approximate surface area is 110 Å². The van der Waals surface area contributed by atoms with E-state index in [1.54, 1.807) is 7.05 Å². The molecule has 0 radical (unpaired) electrons. The predicted octanol–water partition coefficient (Wildman–Crippen LogP) is 1.34. The van der Waals surface area contributed by atoms with E-state index in [0.717, 1.165) is 12.8 Å². The van der Waals surface area contributed by atoms with E-state index in [4.69, 9.17) is 4.74 Å². The zero-order chi connectivity index (χ0) is 13.8. The van der Waals surface area contributed by atoms with Gasteiger partial charge in [0.2, 0.25) is 0 Å². The van der Waals surface area contributed by atoms with Crippen molar-refractivity contribution in [3.8, 4) is 5.75 Å². The molecule has 0 unspecified atom stereocenters. The first kappa shape index (κ1) is 13.7. The lowest BCUT2D eigenvalue weighted by Gasteiger charge is -2.10. The monoisotopic (exact) mass is 270 g/mol. The van der Waals surface area contributed by atoms with Crippen LogP contribution in [0.5, 0.6) is 5.75 Å². The van der Waals surface area contributed by atoms with Crippen LogP contribution in [0.25, 0.3) is 0 Å². The number of rotatable bonds is 6. The third-order valence-electron chi connectivity index (χ3n) is 2.73. The fraction of sp³-hybridized carbons (Fsp3) is 0.462. The molecule has 0 aliphatic heterocycles. The SMILES string of the molecule is CNCc1cc(F)c(OCC(=O)NC2CC2)c(F)c1. The standard InChI is InChI=1S/C13H16F2N2O2/c1-16-6-8-4-10(14)13(11(15)5-8)19-7-12(18)17-9-2-3-9/h4-5,9,16H,2-3,6-7H2,1H3,(H,17,18). The van der Waals surface area contributed by atoms with Crippen LogP contribution >= 0.6 is 0 Å². The summed E-state index contributed by atoms with van der Waals surface area (Å²) >= 11 is 0. The molecule has 2 rings (SSSR count). The van der Waals surface area contributed by atoms with Gasteiger partial charge in [-0.25, -0.2) is 8.78 Å². The first-order valence-corrected chi connectivity index (χ1v) is 6.15. The Hall–Kier alpha value is -1.69. The number of hydrogen-bond donors (Lipinski definition) is 2. The van der Waals surface area contributed by atoms with Crippen molar-refractivity contribution in [2.45, 2.75) is 25.4 Å². The molecule has 0 heterocycles. The summed E-state index contributed by atoms with van der Waals surface area (Å²) in [6.07, 6.45) is 1.90. The van der Waals surface area contributed by atoms with E-state index >= 15 is 0 Å². The minimum absolute atomic E-state index is 0.198. The molecular formula is C13H16F2N2O2. The Balaban J connectivity index is 1.96. The van der Waals surface area contributed by atoms with Crippen molar-refractivity contribution in [3.05, 3.63) is 29.3 Å². The molecule has 6 heteroatoms. The molecule has 1 saturated carbocycles. The molecular weight excluding hydrogens is 254 g/mol. The predicted molar refractivity (Wildman–Crippen MR) is 65.8 cm³/mol. The molecule has 0 spiro atoms. The van der Waals surface area contributed by atoms with Crippen molar-refractivity contribution in [1.82, 2.24) is 10.6 Å². The first-order valence-electron chi connectivity index (χ1n) is 6.15. The number of benzene rings is 1. The van der Waals surface area contributed by atoms with Crippen LogP contribution in [-0.2, 0) is 11.3 Å². The van der Waals surface area contributed by atoms with E-state index in [1.807, 2.05) is 0 Å². The number of hydrogen-bond acceptors (Lipinski definition) is 3. The van der Waals surface area contributed by atoms with E-state index in [2.05, 4.69) is 10.6 Å². The van der Waals surface area contributed by atoms with Crippen LogP contribution in [0.1, 0.15) is 18.4 Å². The molecule has 1 amide bonds. The van der Waals surface area contributed by atoms with Gasteiger partial charge in [0.1, 0.15) is 0 Å². The molecule has 4 nitrogen and oxygen atoms in total. The molecule has 0 saturated heterocycles. The first-order chi connectivity index (χ1) is 9.10. The van der Waals surface area contributed by atoms with E-state index in [9.17, 15) is 13.6 Å². The molecule has 2 N–H and O–H groups in total. The summed E-state index contributed by atoms with van der Waals surface area (Å²) in [5, 5.41) is 5.47. The normalized spacial score (nSPS) is 14.3. The number of halogens is 2. The Morgan fingerprint density at radius 2 is 2.00 bits per heavy atom. The number of nitrogens with one attached hydrogen (secondary N) is 2. The second-order valence-corrected chi connectivity index (χ2v) is 4.55. The molecule has 1 fully saturated rings.